The van der Waals surface area contributed by atoms with Crippen molar-refractivity contribution >= 4 is 7.82 Å². The predicted octanol–water partition coefficient (Wildman–Crippen LogP) is 9.69. The molecule has 0 amide bonds. The molecule has 0 rings (SSSR count). The molecule has 0 aromatic rings. The first-order valence-corrected chi connectivity index (χ1v) is 14.5. The smallest absolute Gasteiger partial charge is 0.303 e. The van der Waals surface area contributed by atoms with Gasteiger partial charge in [-0.05, 0) is 113 Å². The molecule has 4 nitrogen and oxygen atoms in total. The molecule has 0 unspecified atom stereocenters. The SMILES string of the molecule is CC(C)=CCC/C(C)=C/CC/C(C)=C\CC/C(C)=C\CC/C(C)=C\CC/C(C)=C\COP(=O)(O)O. The molecule has 0 aliphatic carbocycles. The molecule has 0 heterocycles. The van der Waals surface area contributed by atoms with E-state index in [1.807, 2.05) is 6.92 Å². The first-order valence-electron chi connectivity index (χ1n) is 13.0. The highest BCUT2D eigenvalue weighted by Crippen LogP contribution is 2.35. The zero-order valence-electron chi connectivity index (χ0n) is 23.4. The minimum Gasteiger partial charge on any atom is -0.303 e. The van der Waals surface area contributed by atoms with E-state index < -0.39 is 7.82 Å². The second-order valence-corrected chi connectivity index (χ2v) is 11.3. The topological polar surface area (TPSA) is 66.8 Å². The van der Waals surface area contributed by atoms with Gasteiger partial charge in [0.1, 0.15) is 0 Å². The lowest BCUT2D eigenvalue weighted by Crippen LogP contribution is -1.89. The van der Waals surface area contributed by atoms with Gasteiger partial charge in [0.15, 0.2) is 0 Å². The van der Waals surface area contributed by atoms with Crippen LogP contribution in [0.15, 0.2) is 69.9 Å². The van der Waals surface area contributed by atoms with Crippen molar-refractivity contribution in [2.45, 2.75) is 113 Å². The van der Waals surface area contributed by atoms with Gasteiger partial charge in [0.2, 0.25) is 0 Å². The molecule has 2 N–H and O–H groups in total. The van der Waals surface area contributed by atoms with Crippen LogP contribution in [-0.4, -0.2) is 16.4 Å². The molecular weight excluding hydrogens is 455 g/mol. The summed E-state index contributed by atoms with van der Waals surface area (Å²) in [4.78, 5) is 17.4. The van der Waals surface area contributed by atoms with E-state index in [1.165, 1.54) is 34.3 Å². The molecule has 0 aliphatic heterocycles. The summed E-state index contributed by atoms with van der Waals surface area (Å²) in [6.07, 6.45) is 24.2. The fourth-order valence-electron chi connectivity index (χ4n) is 3.56. The van der Waals surface area contributed by atoms with Crippen LogP contribution in [0.4, 0.5) is 0 Å². The van der Waals surface area contributed by atoms with Crippen molar-refractivity contribution in [3.63, 3.8) is 0 Å². The van der Waals surface area contributed by atoms with Crippen molar-refractivity contribution < 1.29 is 18.9 Å². The first-order chi connectivity index (χ1) is 16.4. The summed E-state index contributed by atoms with van der Waals surface area (Å²) in [6, 6.07) is 0. The van der Waals surface area contributed by atoms with Crippen LogP contribution in [0.1, 0.15) is 113 Å². The van der Waals surface area contributed by atoms with Crippen molar-refractivity contribution in [2.24, 2.45) is 0 Å². The molecule has 0 fully saturated rings. The van der Waals surface area contributed by atoms with Gasteiger partial charge in [-0.2, -0.15) is 0 Å². The van der Waals surface area contributed by atoms with Crippen LogP contribution in [0.3, 0.4) is 0 Å². The van der Waals surface area contributed by atoms with Crippen LogP contribution >= 0.6 is 7.82 Å². The Bertz CT molecular complexity index is 830. The third kappa shape index (κ3) is 24.0. The molecule has 200 valence electrons. The van der Waals surface area contributed by atoms with E-state index >= 15 is 0 Å². The maximum Gasteiger partial charge on any atom is 0.469 e. The van der Waals surface area contributed by atoms with Gasteiger partial charge in [-0.3, -0.25) is 4.52 Å². The zero-order chi connectivity index (χ0) is 26.7. The molecule has 35 heavy (non-hydrogen) atoms. The van der Waals surface area contributed by atoms with Gasteiger partial charge in [-0.1, -0.05) is 69.9 Å². The lowest BCUT2D eigenvalue weighted by atomic mass is 10.0. The van der Waals surface area contributed by atoms with Crippen LogP contribution < -0.4 is 0 Å². The van der Waals surface area contributed by atoms with Gasteiger partial charge in [0.05, 0.1) is 6.61 Å². The number of phosphoric ester groups is 1. The summed E-state index contributed by atoms with van der Waals surface area (Å²) in [5.41, 5.74) is 8.31. The number of rotatable bonds is 18. The van der Waals surface area contributed by atoms with E-state index in [0.29, 0.717) is 0 Å². The van der Waals surface area contributed by atoms with Crippen molar-refractivity contribution in [3.05, 3.63) is 69.9 Å². The quantitative estimate of drug-likeness (QED) is 0.143. The predicted molar refractivity (Wildman–Crippen MR) is 152 cm³/mol. The van der Waals surface area contributed by atoms with E-state index in [-0.39, 0.29) is 6.61 Å². The Hall–Kier alpha value is -1.45. The highest BCUT2D eigenvalue weighted by molar-refractivity contribution is 7.46. The van der Waals surface area contributed by atoms with E-state index in [2.05, 4.69) is 76.4 Å². The molecule has 0 saturated heterocycles. The van der Waals surface area contributed by atoms with Crippen LogP contribution in [0, 0.1) is 0 Å². The summed E-state index contributed by atoms with van der Waals surface area (Å²) in [7, 11) is -4.38. The van der Waals surface area contributed by atoms with Crippen LogP contribution in [0.2, 0.25) is 0 Å². The minimum absolute atomic E-state index is 0.0504. The summed E-state index contributed by atoms with van der Waals surface area (Å²) < 4.78 is 15.1. The summed E-state index contributed by atoms with van der Waals surface area (Å²) >= 11 is 0. The Kier molecular flexibility index (Phi) is 18.9. The Balaban J connectivity index is 4.14. The molecule has 0 aromatic carbocycles. The lowest BCUT2D eigenvalue weighted by molar-refractivity contribution is 0.215. The Morgan fingerprint density at radius 2 is 0.829 bits per heavy atom. The third-order valence-corrected chi connectivity index (χ3v) is 6.38. The zero-order valence-corrected chi connectivity index (χ0v) is 24.3. The van der Waals surface area contributed by atoms with Crippen LogP contribution in [-0.2, 0) is 9.09 Å². The van der Waals surface area contributed by atoms with Crippen molar-refractivity contribution in [1.82, 2.24) is 0 Å². The maximum absolute atomic E-state index is 10.7. The average molecular weight is 507 g/mol. The number of allylic oxidation sites excluding steroid dienone is 11. The van der Waals surface area contributed by atoms with E-state index in [0.717, 1.165) is 63.4 Å². The largest absolute Gasteiger partial charge is 0.469 e. The van der Waals surface area contributed by atoms with Gasteiger partial charge in [-0.25, -0.2) is 4.57 Å². The highest BCUT2D eigenvalue weighted by atomic mass is 31.2. The molecule has 5 heteroatoms. The molecule has 0 spiro atoms. The number of hydrogen-bond acceptors (Lipinski definition) is 2. The van der Waals surface area contributed by atoms with Gasteiger partial charge >= 0.3 is 7.82 Å². The lowest BCUT2D eigenvalue weighted by Gasteiger charge is -2.04. The first kappa shape index (κ1) is 33.5. The van der Waals surface area contributed by atoms with Gasteiger partial charge in [-0.15, -0.1) is 0 Å². The van der Waals surface area contributed by atoms with Gasteiger partial charge < -0.3 is 9.79 Å². The fourth-order valence-corrected chi connectivity index (χ4v) is 3.83. The van der Waals surface area contributed by atoms with Crippen molar-refractivity contribution in [1.29, 1.82) is 0 Å². The molecule has 0 aromatic heterocycles. The molecule has 0 aliphatic rings. The fraction of sp³-hybridized carbons (Fsp3) is 0.600. The van der Waals surface area contributed by atoms with Gasteiger partial charge in [0.25, 0.3) is 0 Å². The van der Waals surface area contributed by atoms with Crippen LogP contribution in [0.5, 0.6) is 0 Å². The summed E-state index contributed by atoms with van der Waals surface area (Å²) in [5, 5.41) is 0. The second-order valence-electron chi connectivity index (χ2n) is 10.0. The van der Waals surface area contributed by atoms with E-state index in [4.69, 9.17) is 9.79 Å². The third-order valence-electron chi connectivity index (χ3n) is 5.89. The average Bonchev–Trinajstić information content (AvgIpc) is 2.72. The Morgan fingerprint density at radius 3 is 1.11 bits per heavy atom. The summed E-state index contributed by atoms with van der Waals surface area (Å²) in [5.74, 6) is 0. The normalized spacial score (nSPS) is 14.5. The highest BCUT2D eigenvalue weighted by Gasteiger charge is 2.11. The molecule has 0 bridgehead atoms. The minimum atomic E-state index is -4.38. The van der Waals surface area contributed by atoms with E-state index in [1.54, 1.807) is 6.08 Å². The number of hydrogen-bond donors (Lipinski definition) is 2. The van der Waals surface area contributed by atoms with E-state index in [9.17, 15) is 4.57 Å². The van der Waals surface area contributed by atoms with Gasteiger partial charge in [0, 0.05) is 0 Å². The number of phosphoric acid groups is 1. The Labute approximate surface area is 215 Å². The molecule has 0 saturated carbocycles. The Morgan fingerprint density at radius 1 is 0.543 bits per heavy atom. The second kappa shape index (κ2) is 19.7. The molecule has 0 atom stereocenters. The molecule has 0 radical (unpaired) electrons. The van der Waals surface area contributed by atoms with Crippen LogP contribution in [0.25, 0.3) is 0 Å². The maximum atomic E-state index is 10.7. The van der Waals surface area contributed by atoms with Crippen molar-refractivity contribution in [2.75, 3.05) is 6.61 Å². The molecular formula is C30H51O4P. The standard InChI is InChI=1S/C30H51O4P/c1-25(2)13-8-14-26(3)15-9-16-27(4)17-10-18-28(5)19-11-20-29(6)21-12-22-30(7)23-24-34-35(31,32)33/h13,15,17,19,21,23H,8-12,14,16,18,20,22,24H2,1-7H3,(H2,31,32,33)/b26-15+,27-17-,28-19-,29-21-,30-23-. The summed E-state index contributed by atoms with van der Waals surface area (Å²) in [6.45, 7) is 15.1. The van der Waals surface area contributed by atoms with Crippen molar-refractivity contribution in [3.8, 4) is 0 Å². The monoisotopic (exact) mass is 506 g/mol.